The van der Waals surface area contributed by atoms with Crippen LogP contribution in [0.4, 0.5) is 0 Å². The van der Waals surface area contributed by atoms with Gasteiger partial charge < -0.3 is 4.40 Å². The third-order valence-corrected chi connectivity index (χ3v) is 6.97. The van der Waals surface area contributed by atoms with Crippen molar-refractivity contribution in [1.82, 2.24) is 38.7 Å². The van der Waals surface area contributed by atoms with Crippen molar-refractivity contribution in [3.63, 3.8) is 0 Å². The largest absolute Gasteiger partial charge is 0.303 e. The molecular weight excluding hydrogens is 544 g/mol. The van der Waals surface area contributed by atoms with Crippen LogP contribution in [0.5, 0.6) is 0 Å². The molecule has 0 aliphatic rings. The topological polar surface area (TPSA) is 86.2 Å². The summed E-state index contributed by atoms with van der Waals surface area (Å²) >= 11 is 6.67. The van der Waals surface area contributed by atoms with E-state index in [1.165, 1.54) is 0 Å². The van der Waals surface area contributed by atoms with E-state index < -0.39 is 0 Å². The molecule has 6 heterocycles. The van der Waals surface area contributed by atoms with Crippen molar-refractivity contribution in [1.29, 1.82) is 0 Å². The predicted octanol–water partition coefficient (Wildman–Crippen LogP) is 5.79. The smallest absolute Gasteiger partial charge is 0.170 e. The maximum Gasteiger partial charge on any atom is 0.170 e. The Morgan fingerprint density at radius 2 is 1.37 bits per heavy atom. The van der Waals surface area contributed by atoms with Crippen LogP contribution in [0.15, 0.2) is 94.7 Å². The molecule has 35 heavy (non-hydrogen) atoms. The summed E-state index contributed by atoms with van der Waals surface area (Å²) < 4.78 is 4.89. The number of imidazole rings is 2. The highest BCUT2D eigenvalue weighted by atomic mass is 79.9. The molecule has 0 N–H and O–H groups in total. The summed E-state index contributed by atoms with van der Waals surface area (Å²) in [6.07, 6.45) is 20.6. The number of rotatable bonds is 4. The van der Waals surface area contributed by atoms with Crippen molar-refractivity contribution in [3.05, 3.63) is 84.6 Å². The van der Waals surface area contributed by atoms with Gasteiger partial charge in [0.05, 0.1) is 17.6 Å². The number of thioether (sulfide) groups is 2. The lowest BCUT2D eigenvalue weighted by molar-refractivity contribution is 1.03. The first-order valence-electron chi connectivity index (χ1n) is 10.4. The average molecular weight is 564 g/mol. The molecule has 0 bridgehead atoms. The Morgan fingerprint density at radius 1 is 0.743 bits per heavy atom. The monoisotopic (exact) mass is 562 g/mol. The normalized spacial score (nSPS) is 10.9. The Bertz CT molecular complexity index is 1590. The van der Waals surface area contributed by atoms with Gasteiger partial charge in [0.2, 0.25) is 0 Å². The van der Waals surface area contributed by atoms with Crippen LogP contribution in [-0.2, 0) is 0 Å². The standard InChI is InChI=1S/C12H9BrN4S.C12H10N4S/c1-18-12-11-15-6-10(13)17(11)7-9(16-12)8-3-2-4-14-5-8;1-17-12-11-14-5-6-16(11)8-10(15-12)9-3-2-4-13-7-9/h2-7H,1H3;2-8H,1H3. The molecule has 11 heteroatoms. The molecule has 0 saturated carbocycles. The van der Waals surface area contributed by atoms with Crippen molar-refractivity contribution in [2.24, 2.45) is 0 Å². The number of pyridine rings is 2. The van der Waals surface area contributed by atoms with Crippen LogP contribution in [0, 0.1) is 0 Å². The second kappa shape index (κ2) is 10.5. The molecule has 0 aliphatic carbocycles. The molecule has 0 atom stereocenters. The van der Waals surface area contributed by atoms with Gasteiger partial charge in [0, 0.05) is 60.7 Å². The van der Waals surface area contributed by atoms with Gasteiger partial charge in [0.15, 0.2) is 11.3 Å². The van der Waals surface area contributed by atoms with Crippen molar-refractivity contribution < 1.29 is 0 Å². The molecule has 6 rings (SSSR count). The summed E-state index contributed by atoms with van der Waals surface area (Å²) in [6, 6.07) is 7.81. The van der Waals surface area contributed by atoms with E-state index in [1.54, 1.807) is 48.3 Å². The quantitative estimate of drug-likeness (QED) is 0.249. The fraction of sp³-hybridized carbons (Fsp3) is 0.0833. The van der Waals surface area contributed by atoms with Crippen LogP contribution in [0.25, 0.3) is 33.8 Å². The van der Waals surface area contributed by atoms with Crippen molar-refractivity contribution >= 4 is 50.7 Å². The van der Waals surface area contributed by atoms with E-state index in [1.807, 2.05) is 76.6 Å². The van der Waals surface area contributed by atoms with E-state index in [4.69, 9.17) is 0 Å². The molecular formula is C24H19BrN8S2. The van der Waals surface area contributed by atoms with Crippen LogP contribution in [-0.4, -0.2) is 51.2 Å². The van der Waals surface area contributed by atoms with Gasteiger partial charge in [-0.05, 0) is 52.7 Å². The lowest BCUT2D eigenvalue weighted by atomic mass is 10.2. The van der Waals surface area contributed by atoms with Crippen molar-refractivity contribution in [2.75, 3.05) is 12.5 Å². The summed E-state index contributed by atoms with van der Waals surface area (Å²) in [5.41, 5.74) is 5.56. The summed E-state index contributed by atoms with van der Waals surface area (Å²) in [4.78, 5) is 26.1. The lowest BCUT2D eigenvalue weighted by Gasteiger charge is -2.05. The van der Waals surface area contributed by atoms with Gasteiger partial charge in [0.1, 0.15) is 14.7 Å². The third kappa shape index (κ3) is 4.93. The Morgan fingerprint density at radius 3 is 1.97 bits per heavy atom. The number of halogens is 1. The zero-order chi connectivity index (χ0) is 24.2. The van der Waals surface area contributed by atoms with Gasteiger partial charge in [-0.1, -0.05) is 0 Å². The maximum atomic E-state index is 4.62. The first kappa shape index (κ1) is 23.5. The molecule has 0 aromatic carbocycles. The second-order valence-electron chi connectivity index (χ2n) is 7.19. The predicted molar refractivity (Wildman–Crippen MR) is 144 cm³/mol. The first-order chi connectivity index (χ1) is 17.2. The van der Waals surface area contributed by atoms with Gasteiger partial charge >= 0.3 is 0 Å². The average Bonchev–Trinajstić information content (AvgIpc) is 3.55. The second-order valence-corrected chi connectivity index (χ2v) is 9.59. The molecule has 8 nitrogen and oxygen atoms in total. The van der Waals surface area contributed by atoms with Crippen molar-refractivity contribution in [3.8, 4) is 22.5 Å². The van der Waals surface area contributed by atoms with Crippen molar-refractivity contribution in [2.45, 2.75) is 10.1 Å². The minimum atomic E-state index is 0.863. The molecule has 6 aromatic rings. The minimum Gasteiger partial charge on any atom is -0.303 e. The summed E-state index contributed by atoms with van der Waals surface area (Å²) in [5.74, 6) is 0. The first-order valence-corrected chi connectivity index (χ1v) is 13.7. The molecule has 174 valence electrons. The summed E-state index contributed by atoms with van der Waals surface area (Å²) in [7, 11) is 0. The van der Waals surface area contributed by atoms with E-state index in [0.29, 0.717) is 0 Å². The molecule has 0 saturated heterocycles. The van der Waals surface area contributed by atoms with E-state index in [2.05, 4.69) is 45.8 Å². The van der Waals surface area contributed by atoms with E-state index in [-0.39, 0.29) is 0 Å². The van der Waals surface area contributed by atoms with E-state index in [0.717, 1.165) is 48.5 Å². The minimum absolute atomic E-state index is 0.863. The van der Waals surface area contributed by atoms with Gasteiger partial charge in [-0.25, -0.2) is 19.9 Å². The zero-order valence-corrected chi connectivity index (χ0v) is 22.0. The maximum absolute atomic E-state index is 4.62. The van der Waals surface area contributed by atoms with Crippen LogP contribution in [0.1, 0.15) is 0 Å². The number of fused-ring (bicyclic) bond motifs is 2. The lowest BCUT2D eigenvalue weighted by Crippen LogP contribution is -1.95. The number of aromatic nitrogens is 8. The number of hydrogen-bond acceptors (Lipinski definition) is 8. The molecule has 0 unspecified atom stereocenters. The van der Waals surface area contributed by atoms with Gasteiger partial charge in [-0.15, -0.1) is 23.5 Å². The van der Waals surface area contributed by atoms with Crippen LogP contribution < -0.4 is 0 Å². The fourth-order valence-electron chi connectivity index (χ4n) is 3.42. The fourth-order valence-corrected chi connectivity index (χ4v) is 4.84. The molecule has 0 aliphatic heterocycles. The molecule has 0 spiro atoms. The highest BCUT2D eigenvalue weighted by Crippen LogP contribution is 2.26. The Kier molecular flexibility index (Phi) is 7.07. The van der Waals surface area contributed by atoms with E-state index >= 15 is 0 Å². The zero-order valence-electron chi connectivity index (χ0n) is 18.8. The highest BCUT2D eigenvalue weighted by molar-refractivity contribution is 9.10. The highest BCUT2D eigenvalue weighted by Gasteiger charge is 2.11. The SMILES string of the molecule is CSc1nc(-c2cccnc2)cn2c(Br)cnc12.CSc1nc(-c2cccnc2)cn2ccnc12. The van der Waals surface area contributed by atoms with Gasteiger partial charge in [-0.2, -0.15) is 0 Å². The molecule has 0 radical (unpaired) electrons. The van der Waals surface area contributed by atoms with Crippen LogP contribution in [0.2, 0.25) is 0 Å². The molecule has 0 amide bonds. The molecule has 0 fully saturated rings. The third-order valence-electron chi connectivity index (χ3n) is 5.06. The van der Waals surface area contributed by atoms with E-state index in [9.17, 15) is 0 Å². The Hall–Kier alpha value is -3.28. The Labute approximate surface area is 218 Å². The number of hydrogen-bond donors (Lipinski definition) is 0. The summed E-state index contributed by atoms with van der Waals surface area (Å²) in [6.45, 7) is 0. The number of nitrogens with zero attached hydrogens (tertiary/aromatic N) is 8. The summed E-state index contributed by atoms with van der Waals surface area (Å²) in [5, 5.41) is 1.83. The molecule has 6 aromatic heterocycles. The van der Waals surface area contributed by atoms with Gasteiger partial charge in [0.25, 0.3) is 0 Å². The Balaban J connectivity index is 0.000000145. The van der Waals surface area contributed by atoms with Crippen LogP contribution >= 0.6 is 39.5 Å². The van der Waals surface area contributed by atoms with Gasteiger partial charge in [-0.3, -0.25) is 14.4 Å². The van der Waals surface area contributed by atoms with Crippen LogP contribution in [0.3, 0.4) is 0 Å².